The molecule has 132 valence electrons. The Kier molecular flexibility index (Phi) is 6.41. The largest absolute Gasteiger partial charge is 0.618 e. The van der Waals surface area contributed by atoms with E-state index in [-0.39, 0.29) is 18.4 Å². The van der Waals surface area contributed by atoms with Gasteiger partial charge in [0.25, 0.3) is 5.03 Å². The lowest BCUT2D eigenvalue weighted by atomic mass is 10.1. The van der Waals surface area contributed by atoms with Crippen molar-refractivity contribution >= 4 is 29.3 Å². The summed E-state index contributed by atoms with van der Waals surface area (Å²) in [4.78, 5) is 24.2. The van der Waals surface area contributed by atoms with Gasteiger partial charge in [-0.25, -0.2) is 0 Å². The summed E-state index contributed by atoms with van der Waals surface area (Å²) in [5.41, 5.74) is 2.70. The number of para-hydroxylation sites is 1. The molecule has 2 N–H and O–H groups in total. The highest BCUT2D eigenvalue weighted by Gasteiger charge is 2.19. The Labute approximate surface area is 151 Å². The van der Waals surface area contributed by atoms with E-state index < -0.39 is 5.25 Å². The molecule has 1 atom stereocenters. The first-order valence-electron chi connectivity index (χ1n) is 7.87. The molecule has 1 aromatic carbocycles. The van der Waals surface area contributed by atoms with Gasteiger partial charge in [0, 0.05) is 17.8 Å². The second kappa shape index (κ2) is 8.53. The third kappa shape index (κ3) is 5.22. The average molecular weight is 359 g/mol. The molecule has 2 rings (SSSR count). The van der Waals surface area contributed by atoms with E-state index in [2.05, 4.69) is 10.6 Å². The van der Waals surface area contributed by atoms with Crippen LogP contribution in [0.4, 0.5) is 5.69 Å². The Hall–Kier alpha value is -2.54. The van der Waals surface area contributed by atoms with E-state index in [0.29, 0.717) is 9.76 Å². The fourth-order valence-electron chi connectivity index (χ4n) is 2.24. The maximum atomic E-state index is 12.1. The Morgan fingerprint density at radius 3 is 2.48 bits per heavy atom. The Balaban J connectivity index is 1.87. The van der Waals surface area contributed by atoms with Crippen molar-refractivity contribution in [3.8, 4) is 0 Å². The predicted octanol–water partition coefficient (Wildman–Crippen LogP) is 2.17. The van der Waals surface area contributed by atoms with Crippen LogP contribution in [0, 0.1) is 19.1 Å². The molecule has 7 heteroatoms. The highest BCUT2D eigenvalue weighted by Crippen LogP contribution is 2.20. The Morgan fingerprint density at radius 2 is 1.84 bits per heavy atom. The van der Waals surface area contributed by atoms with Gasteiger partial charge in [-0.05, 0) is 49.7 Å². The minimum absolute atomic E-state index is 0.121. The van der Waals surface area contributed by atoms with E-state index in [1.165, 1.54) is 6.20 Å². The van der Waals surface area contributed by atoms with Gasteiger partial charge in [-0.2, -0.15) is 4.73 Å². The molecule has 2 amide bonds. The van der Waals surface area contributed by atoms with Crippen LogP contribution in [0.15, 0.2) is 47.6 Å². The summed E-state index contributed by atoms with van der Waals surface area (Å²) in [7, 11) is 0. The van der Waals surface area contributed by atoms with Gasteiger partial charge in [-0.3, -0.25) is 9.59 Å². The molecule has 0 aliphatic carbocycles. The van der Waals surface area contributed by atoms with Gasteiger partial charge in [-0.1, -0.05) is 18.2 Å². The standard InChI is InChI=1S/C18H21N3O3S/c1-12-7-6-8-13(2)17(12)20-15(22)11-19-18(23)14(3)25-16-9-4-5-10-21(16)24/h4-10,14H,11H2,1-3H3,(H,19,23)(H,20,22). The van der Waals surface area contributed by atoms with Crippen molar-refractivity contribution in [3.63, 3.8) is 0 Å². The molecule has 1 unspecified atom stereocenters. The molecule has 0 saturated heterocycles. The number of nitrogens with one attached hydrogen (secondary N) is 2. The highest BCUT2D eigenvalue weighted by atomic mass is 32.2. The van der Waals surface area contributed by atoms with Crippen LogP contribution in [0.5, 0.6) is 0 Å². The summed E-state index contributed by atoms with van der Waals surface area (Å²) in [6.07, 6.45) is 1.38. The maximum Gasteiger partial charge on any atom is 0.252 e. The van der Waals surface area contributed by atoms with Crippen LogP contribution >= 0.6 is 11.8 Å². The number of hydrogen-bond donors (Lipinski definition) is 2. The summed E-state index contributed by atoms with van der Waals surface area (Å²) in [6.45, 7) is 5.40. The molecular weight excluding hydrogens is 338 g/mol. The third-order valence-corrected chi connectivity index (χ3v) is 4.75. The fourth-order valence-corrected chi connectivity index (χ4v) is 3.12. The van der Waals surface area contributed by atoms with Gasteiger partial charge in [0.05, 0.1) is 11.8 Å². The zero-order valence-corrected chi connectivity index (χ0v) is 15.2. The molecule has 1 aromatic heterocycles. The zero-order chi connectivity index (χ0) is 18.4. The first-order chi connectivity index (χ1) is 11.9. The number of rotatable bonds is 6. The molecule has 6 nitrogen and oxygen atoms in total. The number of anilines is 1. The van der Waals surface area contributed by atoms with Crippen LogP contribution in [-0.4, -0.2) is 23.6 Å². The van der Waals surface area contributed by atoms with Crippen molar-refractivity contribution in [1.82, 2.24) is 5.32 Å². The van der Waals surface area contributed by atoms with Crippen LogP contribution in [-0.2, 0) is 9.59 Å². The van der Waals surface area contributed by atoms with E-state index >= 15 is 0 Å². The Morgan fingerprint density at radius 1 is 1.16 bits per heavy atom. The van der Waals surface area contributed by atoms with Crippen molar-refractivity contribution < 1.29 is 14.3 Å². The molecule has 0 aliphatic heterocycles. The van der Waals surface area contributed by atoms with Crippen molar-refractivity contribution in [2.45, 2.75) is 31.0 Å². The third-order valence-electron chi connectivity index (χ3n) is 3.62. The van der Waals surface area contributed by atoms with Crippen LogP contribution in [0.3, 0.4) is 0 Å². The quantitative estimate of drug-likeness (QED) is 0.470. The molecule has 25 heavy (non-hydrogen) atoms. The molecule has 1 heterocycles. The minimum Gasteiger partial charge on any atom is -0.618 e. The monoisotopic (exact) mass is 359 g/mol. The minimum atomic E-state index is -0.490. The normalized spacial score (nSPS) is 11.6. The van der Waals surface area contributed by atoms with Crippen molar-refractivity contribution in [2.75, 3.05) is 11.9 Å². The van der Waals surface area contributed by atoms with Crippen LogP contribution < -0.4 is 15.4 Å². The topological polar surface area (TPSA) is 85.1 Å². The Bertz CT molecular complexity index is 760. The van der Waals surface area contributed by atoms with Crippen molar-refractivity contribution in [3.05, 3.63) is 58.9 Å². The number of hydrogen-bond acceptors (Lipinski definition) is 4. The summed E-state index contributed by atoms with van der Waals surface area (Å²) < 4.78 is 0.710. The average Bonchev–Trinajstić information content (AvgIpc) is 2.58. The summed E-state index contributed by atoms with van der Waals surface area (Å²) in [5, 5.41) is 17.0. The molecular formula is C18H21N3O3S. The highest BCUT2D eigenvalue weighted by molar-refractivity contribution is 8.00. The van der Waals surface area contributed by atoms with Crippen LogP contribution in [0.2, 0.25) is 0 Å². The second-order valence-corrected chi connectivity index (χ2v) is 7.02. The number of amides is 2. The molecule has 0 radical (unpaired) electrons. The fraction of sp³-hybridized carbons (Fsp3) is 0.278. The van der Waals surface area contributed by atoms with Gasteiger partial charge >= 0.3 is 0 Å². The van der Waals surface area contributed by atoms with Crippen molar-refractivity contribution in [1.29, 1.82) is 0 Å². The lowest BCUT2D eigenvalue weighted by molar-refractivity contribution is -0.645. The number of benzene rings is 1. The number of nitrogens with zero attached hydrogens (tertiary/aromatic N) is 1. The number of carbonyl (C=O) groups is 2. The molecule has 0 bridgehead atoms. The molecule has 2 aromatic rings. The van der Waals surface area contributed by atoms with Gasteiger partial charge in [0.15, 0.2) is 6.20 Å². The van der Waals surface area contributed by atoms with E-state index in [9.17, 15) is 14.8 Å². The molecule has 0 fully saturated rings. The maximum absolute atomic E-state index is 12.1. The smallest absolute Gasteiger partial charge is 0.252 e. The summed E-state index contributed by atoms with van der Waals surface area (Å²) in [6, 6.07) is 10.8. The van der Waals surface area contributed by atoms with E-state index in [4.69, 9.17) is 0 Å². The number of aryl methyl sites for hydroxylation is 2. The molecule has 0 saturated carbocycles. The summed E-state index contributed by atoms with van der Waals surface area (Å²) >= 11 is 1.15. The van der Waals surface area contributed by atoms with Crippen molar-refractivity contribution in [2.24, 2.45) is 0 Å². The number of thioether (sulfide) groups is 1. The summed E-state index contributed by atoms with van der Waals surface area (Å²) in [5.74, 6) is -0.591. The number of pyridine rings is 1. The molecule has 0 aliphatic rings. The lowest BCUT2D eigenvalue weighted by Gasteiger charge is -2.13. The zero-order valence-electron chi connectivity index (χ0n) is 14.4. The number of carbonyl (C=O) groups excluding carboxylic acids is 2. The van der Waals surface area contributed by atoms with Crippen LogP contribution in [0.25, 0.3) is 0 Å². The predicted molar refractivity (Wildman–Crippen MR) is 98.3 cm³/mol. The first-order valence-corrected chi connectivity index (χ1v) is 8.75. The van der Waals surface area contributed by atoms with E-state index in [0.717, 1.165) is 28.6 Å². The first kappa shape index (κ1) is 18.8. The van der Waals surface area contributed by atoms with Gasteiger partial charge in [0.1, 0.15) is 0 Å². The van der Waals surface area contributed by atoms with E-state index in [1.54, 1.807) is 25.1 Å². The molecule has 0 spiro atoms. The van der Waals surface area contributed by atoms with Gasteiger partial charge in [0.2, 0.25) is 11.8 Å². The lowest BCUT2D eigenvalue weighted by Crippen LogP contribution is -2.38. The van der Waals surface area contributed by atoms with Crippen LogP contribution in [0.1, 0.15) is 18.1 Å². The van der Waals surface area contributed by atoms with Gasteiger partial charge < -0.3 is 15.8 Å². The number of aromatic nitrogens is 1. The van der Waals surface area contributed by atoms with Gasteiger partial charge in [-0.15, -0.1) is 0 Å². The SMILES string of the molecule is Cc1cccc(C)c1NC(=O)CNC(=O)C(C)Sc1cccc[n+]1[O-]. The second-order valence-electron chi connectivity index (χ2n) is 5.66. The van der Waals surface area contributed by atoms with E-state index in [1.807, 2.05) is 32.0 Å².